The number of imide groups is 1. The van der Waals surface area contributed by atoms with Crippen LogP contribution in [0.4, 0.5) is 17.1 Å². The number of carbonyl (C=O) groups is 4. The van der Waals surface area contributed by atoms with Gasteiger partial charge in [0.25, 0.3) is 11.8 Å². The lowest BCUT2D eigenvalue weighted by atomic mass is 10.1. The Bertz CT molecular complexity index is 1240. The molecule has 178 valence electrons. The Hall–Kier alpha value is -4.46. The molecule has 1 heterocycles. The molecule has 0 spiro atoms. The fraction of sp³-hybridized carbons (Fsp3) is 0.185. The molecule has 4 amide bonds. The number of hydrogen-bond donors (Lipinski definition) is 0. The van der Waals surface area contributed by atoms with Gasteiger partial charge in [-0.05, 0) is 48.5 Å². The molecule has 0 aromatic heterocycles. The largest absolute Gasteiger partial charge is 0.378 e. The highest BCUT2D eigenvalue weighted by Gasteiger charge is 2.37. The van der Waals surface area contributed by atoms with Gasteiger partial charge in [0, 0.05) is 38.2 Å². The van der Waals surface area contributed by atoms with Crippen LogP contribution in [0.25, 0.3) is 0 Å². The number of fused-ring (bicyclic) bond motifs is 1. The molecule has 0 N–H and O–H groups in total. The second-order valence-electron chi connectivity index (χ2n) is 8.42. The highest BCUT2D eigenvalue weighted by Crippen LogP contribution is 2.24. The van der Waals surface area contributed by atoms with Crippen molar-refractivity contribution in [2.75, 3.05) is 48.9 Å². The first-order valence-corrected chi connectivity index (χ1v) is 11.1. The summed E-state index contributed by atoms with van der Waals surface area (Å²) in [7, 11) is 5.51. The molecule has 8 heteroatoms. The zero-order valence-electron chi connectivity index (χ0n) is 19.8. The van der Waals surface area contributed by atoms with Crippen LogP contribution >= 0.6 is 0 Å². The summed E-state index contributed by atoms with van der Waals surface area (Å²) >= 11 is 0. The summed E-state index contributed by atoms with van der Waals surface area (Å²) in [6.45, 7) is -0.715. The fourth-order valence-electron chi connectivity index (χ4n) is 3.89. The SMILES string of the molecule is CN(C)c1ccc(N(C)C(=O)CN(C(=O)CN2C(=O)c3ccccc3C2=O)c2ccccc2)cc1. The number of nitrogens with zero attached hydrogens (tertiary/aromatic N) is 4. The van der Waals surface area contributed by atoms with E-state index in [1.807, 2.05) is 43.3 Å². The second-order valence-corrected chi connectivity index (χ2v) is 8.42. The summed E-state index contributed by atoms with van der Waals surface area (Å²) in [4.78, 5) is 57.7. The Kier molecular flexibility index (Phi) is 6.64. The molecule has 1 aliphatic heterocycles. The van der Waals surface area contributed by atoms with Gasteiger partial charge in [-0.2, -0.15) is 0 Å². The number of likely N-dealkylation sites (N-methyl/N-ethyl adjacent to an activating group) is 1. The van der Waals surface area contributed by atoms with Crippen molar-refractivity contribution in [1.82, 2.24) is 4.90 Å². The molecule has 0 aliphatic carbocycles. The van der Waals surface area contributed by atoms with E-state index in [1.54, 1.807) is 61.6 Å². The van der Waals surface area contributed by atoms with Gasteiger partial charge in [-0.25, -0.2) is 0 Å². The van der Waals surface area contributed by atoms with Crippen molar-refractivity contribution in [2.45, 2.75) is 0 Å². The van der Waals surface area contributed by atoms with Crippen molar-refractivity contribution < 1.29 is 19.2 Å². The van der Waals surface area contributed by atoms with E-state index in [9.17, 15) is 19.2 Å². The van der Waals surface area contributed by atoms with Crippen LogP contribution in [0, 0.1) is 0 Å². The average molecular weight is 471 g/mol. The molecule has 3 aromatic rings. The van der Waals surface area contributed by atoms with Crippen molar-refractivity contribution in [3.63, 3.8) is 0 Å². The Balaban J connectivity index is 1.54. The summed E-state index contributed by atoms with van der Waals surface area (Å²) in [5.74, 6) is -1.88. The summed E-state index contributed by atoms with van der Waals surface area (Å²) in [5, 5.41) is 0. The van der Waals surface area contributed by atoms with E-state index in [0.717, 1.165) is 10.6 Å². The fourth-order valence-corrected chi connectivity index (χ4v) is 3.89. The zero-order valence-corrected chi connectivity index (χ0v) is 19.8. The average Bonchev–Trinajstić information content (AvgIpc) is 3.12. The molecule has 35 heavy (non-hydrogen) atoms. The first-order valence-electron chi connectivity index (χ1n) is 11.1. The van der Waals surface area contributed by atoms with E-state index in [-0.39, 0.29) is 23.6 Å². The predicted octanol–water partition coefficient (Wildman–Crippen LogP) is 3.04. The van der Waals surface area contributed by atoms with E-state index in [1.165, 1.54) is 9.80 Å². The molecule has 0 radical (unpaired) electrons. The topological polar surface area (TPSA) is 81.2 Å². The Morgan fingerprint density at radius 2 is 1.17 bits per heavy atom. The molecular formula is C27H26N4O4. The minimum absolute atomic E-state index is 0.252. The summed E-state index contributed by atoms with van der Waals surface area (Å²) in [5.41, 5.74) is 2.72. The van der Waals surface area contributed by atoms with Crippen LogP contribution in [0.2, 0.25) is 0 Å². The van der Waals surface area contributed by atoms with Crippen molar-refractivity contribution in [3.8, 4) is 0 Å². The lowest BCUT2D eigenvalue weighted by Gasteiger charge is -2.27. The van der Waals surface area contributed by atoms with Gasteiger partial charge in [0.05, 0.1) is 11.1 Å². The third-order valence-electron chi connectivity index (χ3n) is 5.96. The molecular weight excluding hydrogens is 444 g/mol. The van der Waals surface area contributed by atoms with Crippen LogP contribution in [-0.2, 0) is 9.59 Å². The normalized spacial score (nSPS) is 12.4. The Labute approximate surface area is 204 Å². The van der Waals surface area contributed by atoms with Gasteiger partial charge in [-0.1, -0.05) is 30.3 Å². The lowest BCUT2D eigenvalue weighted by molar-refractivity contribution is -0.122. The first-order chi connectivity index (χ1) is 16.8. The summed E-state index contributed by atoms with van der Waals surface area (Å²) in [6.07, 6.45) is 0. The van der Waals surface area contributed by atoms with Crippen LogP contribution in [0.5, 0.6) is 0 Å². The third kappa shape index (κ3) is 4.77. The first kappa shape index (κ1) is 23.7. The minimum atomic E-state index is -0.532. The highest BCUT2D eigenvalue weighted by molar-refractivity contribution is 6.23. The molecule has 3 aromatic carbocycles. The van der Waals surface area contributed by atoms with Crippen LogP contribution in [0.3, 0.4) is 0 Å². The monoisotopic (exact) mass is 470 g/mol. The third-order valence-corrected chi connectivity index (χ3v) is 5.96. The molecule has 0 atom stereocenters. The van der Waals surface area contributed by atoms with Crippen molar-refractivity contribution >= 4 is 40.7 Å². The number of hydrogen-bond acceptors (Lipinski definition) is 5. The second kappa shape index (κ2) is 9.80. The Morgan fingerprint density at radius 1 is 0.657 bits per heavy atom. The van der Waals surface area contributed by atoms with E-state index in [4.69, 9.17) is 0 Å². The molecule has 0 fully saturated rings. The lowest BCUT2D eigenvalue weighted by Crippen LogP contribution is -2.47. The number of amides is 4. The Morgan fingerprint density at radius 3 is 1.71 bits per heavy atom. The molecule has 0 saturated carbocycles. The van der Waals surface area contributed by atoms with E-state index >= 15 is 0 Å². The van der Waals surface area contributed by atoms with Crippen LogP contribution in [-0.4, -0.2) is 62.8 Å². The van der Waals surface area contributed by atoms with Gasteiger partial charge in [0.15, 0.2) is 0 Å². The van der Waals surface area contributed by atoms with Gasteiger partial charge >= 0.3 is 0 Å². The maximum absolute atomic E-state index is 13.4. The van der Waals surface area contributed by atoms with Crippen LogP contribution in [0.15, 0.2) is 78.9 Å². The maximum Gasteiger partial charge on any atom is 0.262 e. The number of rotatable bonds is 7. The maximum atomic E-state index is 13.4. The highest BCUT2D eigenvalue weighted by atomic mass is 16.2. The summed E-state index contributed by atoms with van der Waals surface area (Å²) in [6, 6.07) is 22.7. The van der Waals surface area contributed by atoms with Crippen molar-refractivity contribution in [1.29, 1.82) is 0 Å². The number of anilines is 3. The number of carbonyl (C=O) groups excluding carboxylic acids is 4. The van der Waals surface area contributed by atoms with Crippen molar-refractivity contribution in [2.24, 2.45) is 0 Å². The van der Waals surface area contributed by atoms with E-state index in [0.29, 0.717) is 11.4 Å². The molecule has 4 rings (SSSR count). The number of benzene rings is 3. The van der Waals surface area contributed by atoms with Crippen molar-refractivity contribution in [3.05, 3.63) is 90.0 Å². The summed E-state index contributed by atoms with van der Waals surface area (Å²) < 4.78 is 0. The zero-order chi connectivity index (χ0) is 25.1. The smallest absolute Gasteiger partial charge is 0.262 e. The minimum Gasteiger partial charge on any atom is -0.378 e. The van der Waals surface area contributed by atoms with E-state index < -0.39 is 24.3 Å². The molecule has 8 nitrogen and oxygen atoms in total. The molecule has 0 saturated heterocycles. The van der Waals surface area contributed by atoms with Gasteiger partial charge in [0.2, 0.25) is 11.8 Å². The molecule has 0 bridgehead atoms. The van der Waals surface area contributed by atoms with Gasteiger partial charge in [-0.15, -0.1) is 0 Å². The standard InChI is InChI=1S/C27H26N4O4/c1-28(2)19-13-15-20(16-14-19)29(3)24(32)17-30(21-9-5-4-6-10-21)25(33)18-31-26(34)22-11-7-8-12-23(22)27(31)35/h4-16H,17-18H2,1-3H3. The molecule has 0 unspecified atom stereocenters. The van der Waals surface area contributed by atoms with Gasteiger partial charge in [-0.3, -0.25) is 24.1 Å². The predicted molar refractivity (Wildman–Crippen MR) is 135 cm³/mol. The van der Waals surface area contributed by atoms with Crippen LogP contribution < -0.4 is 14.7 Å². The quantitative estimate of drug-likeness (QED) is 0.496. The van der Waals surface area contributed by atoms with Gasteiger partial charge < -0.3 is 14.7 Å². The van der Waals surface area contributed by atoms with Crippen LogP contribution in [0.1, 0.15) is 20.7 Å². The molecule has 1 aliphatic rings. The van der Waals surface area contributed by atoms with Gasteiger partial charge in [0.1, 0.15) is 13.1 Å². The number of para-hydroxylation sites is 1. The van der Waals surface area contributed by atoms with E-state index in [2.05, 4.69) is 0 Å².